The number of sulfonamides is 1. The van der Waals surface area contributed by atoms with Crippen LogP contribution in [0.15, 0.2) is 36.5 Å². The number of carbonyl (C=O) groups excluding carboxylic acids is 4. The summed E-state index contributed by atoms with van der Waals surface area (Å²) in [6, 6.07) is 2.34. The molecule has 3 fully saturated rings. The lowest BCUT2D eigenvalue weighted by molar-refractivity contribution is -0.244. The number of carbonyl (C=O) groups is 4. The Morgan fingerprint density at radius 1 is 1.12 bits per heavy atom. The highest BCUT2D eigenvalue weighted by atomic mass is 32.2. The molecule has 312 valence electrons. The zero-order chi connectivity index (χ0) is 41.5. The largest absolute Gasteiger partial charge is 0.497 e. The Morgan fingerprint density at radius 3 is 2.53 bits per heavy atom. The zero-order valence-corrected chi connectivity index (χ0v) is 33.2. The number of aromatic nitrogens is 2. The molecule has 7 atom stereocenters. The second kappa shape index (κ2) is 15.9. The third-order valence-electron chi connectivity index (χ3n) is 11.3. The predicted molar refractivity (Wildman–Crippen MR) is 199 cm³/mol. The van der Waals surface area contributed by atoms with E-state index in [1.807, 2.05) is 13.0 Å². The van der Waals surface area contributed by atoms with Crippen LogP contribution < -0.4 is 24.8 Å². The maximum atomic E-state index is 14.8. The van der Waals surface area contributed by atoms with E-state index in [-0.39, 0.29) is 31.3 Å². The van der Waals surface area contributed by atoms with Gasteiger partial charge in [0.2, 0.25) is 27.4 Å². The molecule has 6 rings (SSSR count). The Labute approximate surface area is 328 Å². The molecule has 1 saturated heterocycles. The first-order valence-corrected chi connectivity index (χ1v) is 20.7. The number of nitrogens with zero attached hydrogens (tertiary/aromatic N) is 3. The van der Waals surface area contributed by atoms with Gasteiger partial charge in [-0.25, -0.2) is 18.2 Å². The molecule has 0 unspecified atom stereocenters. The minimum absolute atomic E-state index is 0.0331. The molecule has 2 saturated carbocycles. The molecule has 2 aromatic rings. The minimum atomic E-state index is -4.91. The third-order valence-corrected chi connectivity index (χ3v) is 13.1. The summed E-state index contributed by atoms with van der Waals surface area (Å²) in [6.45, 7) is 4.89. The van der Waals surface area contributed by atoms with Crippen molar-refractivity contribution < 1.29 is 55.0 Å². The van der Waals surface area contributed by atoms with Crippen LogP contribution in [0.4, 0.5) is 18.0 Å². The van der Waals surface area contributed by atoms with Gasteiger partial charge in [0.25, 0.3) is 5.91 Å². The van der Waals surface area contributed by atoms with E-state index in [1.54, 1.807) is 31.2 Å². The maximum absolute atomic E-state index is 14.8. The van der Waals surface area contributed by atoms with Crippen molar-refractivity contribution in [2.75, 3.05) is 13.7 Å². The molecular weight excluding hydrogens is 774 g/mol. The van der Waals surface area contributed by atoms with Gasteiger partial charge in [-0.3, -0.25) is 19.1 Å². The number of amides is 4. The molecule has 0 radical (unpaired) electrons. The number of hydrogen-bond acceptors (Lipinski definition) is 11. The summed E-state index contributed by atoms with van der Waals surface area (Å²) in [7, 11) is -2.48. The van der Waals surface area contributed by atoms with Crippen molar-refractivity contribution in [1.29, 1.82) is 0 Å². The van der Waals surface area contributed by atoms with E-state index < -0.39 is 86.4 Å². The Bertz CT molecular complexity index is 2030. The highest BCUT2D eigenvalue weighted by molar-refractivity contribution is 7.91. The summed E-state index contributed by atoms with van der Waals surface area (Å²) in [6.07, 6.45) is 0.561. The smallest absolute Gasteiger partial charge is 0.427 e. The van der Waals surface area contributed by atoms with Crippen LogP contribution in [0.25, 0.3) is 10.9 Å². The number of allylic oxidation sites excluding steroid dienone is 1. The second-order valence-corrected chi connectivity index (χ2v) is 18.0. The van der Waals surface area contributed by atoms with E-state index in [0.717, 1.165) is 0 Å². The molecule has 57 heavy (non-hydrogen) atoms. The average molecular weight is 823 g/mol. The molecular formula is C38H49F3N6O9S. The van der Waals surface area contributed by atoms with Gasteiger partial charge >= 0.3 is 18.3 Å². The van der Waals surface area contributed by atoms with Gasteiger partial charge in [-0.2, -0.15) is 18.2 Å². The molecule has 3 N–H and O–H groups in total. The number of fused-ring (bicyclic) bond motifs is 3. The Hall–Kier alpha value is -4.68. The van der Waals surface area contributed by atoms with Crippen LogP contribution in [0.3, 0.4) is 0 Å². The number of ether oxygens (including phenoxy) is 3. The zero-order valence-electron chi connectivity index (χ0n) is 32.4. The number of rotatable bonds is 9. The lowest BCUT2D eigenvalue weighted by Gasteiger charge is -2.35. The van der Waals surface area contributed by atoms with Crippen LogP contribution >= 0.6 is 0 Å². The highest BCUT2D eigenvalue weighted by Crippen LogP contribution is 2.46. The quantitative estimate of drug-likeness (QED) is 0.305. The minimum Gasteiger partial charge on any atom is -0.497 e. The van der Waals surface area contributed by atoms with Gasteiger partial charge in [0.15, 0.2) is 0 Å². The SMILES string of the molecule is CC[C@@H]1C[C@H](C)CC/C=C\[C@@H]2C[C@@]2(C(=O)NS(=O)(=O)C2CC2)NC(=O)[C@@H]2C[C@@H](Oc3ncc4ccc(OC)cc4n3)CN2C(=O)[C@H]1NC(=O)OC(C)(C)C(F)(F)F. The van der Waals surface area contributed by atoms with Gasteiger partial charge in [-0.05, 0) is 76.3 Å². The summed E-state index contributed by atoms with van der Waals surface area (Å²) < 4.78 is 85.4. The molecule has 3 heterocycles. The van der Waals surface area contributed by atoms with Crippen molar-refractivity contribution >= 4 is 44.7 Å². The van der Waals surface area contributed by atoms with Gasteiger partial charge in [-0.15, -0.1) is 0 Å². The predicted octanol–water partition coefficient (Wildman–Crippen LogP) is 4.31. The van der Waals surface area contributed by atoms with Crippen LogP contribution in [-0.4, -0.2) is 102 Å². The average Bonchev–Trinajstić information content (AvgIpc) is 4.07. The molecule has 2 aliphatic carbocycles. The van der Waals surface area contributed by atoms with E-state index in [1.165, 1.54) is 18.2 Å². The first-order valence-electron chi connectivity index (χ1n) is 19.2. The van der Waals surface area contributed by atoms with Crippen molar-refractivity contribution in [2.24, 2.45) is 17.8 Å². The van der Waals surface area contributed by atoms with Gasteiger partial charge in [0, 0.05) is 30.0 Å². The number of halogens is 3. The molecule has 0 spiro atoms. The first kappa shape index (κ1) is 41.9. The van der Waals surface area contributed by atoms with E-state index in [9.17, 15) is 40.8 Å². The summed E-state index contributed by atoms with van der Waals surface area (Å²) in [5.41, 5.74) is -4.03. The fraction of sp³-hybridized carbons (Fsp3) is 0.632. The Balaban J connectivity index is 1.35. The van der Waals surface area contributed by atoms with Crippen molar-refractivity contribution in [3.63, 3.8) is 0 Å². The number of alkyl carbamates (subject to hydrolysis) is 1. The van der Waals surface area contributed by atoms with Gasteiger partial charge < -0.3 is 29.7 Å². The summed E-state index contributed by atoms with van der Waals surface area (Å²) in [5, 5.41) is 5.17. The summed E-state index contributed by atoms with van der Waals surface area (Å²) in [4.78, 5) is 66.1. The number of methoxy groups -OCH3 is 1. The number of benzene rings is 1. The molecule has 1 aromatic carbocycles. The molecule has 19 heteroatoms. The Morgan fingerprint density at radius 2 is 1.86 bits per heavy atom. The Kier molecular flexibility index (Phi) is 11.7. The lowest BCUT2D eigenvalue weighted by atomic mass is 9.85. The van der Waals surface area contributed by atoms with Crippen LogP contribution in [0.1, 0.15) is 79.1 Å². The van der Waals surface area contributed by atoms with E-state index in [0.29, 0.717) is 69.0 Å². The van der Waals surface area contributed by atoms with Crippen molar-refractivity contribution in [2.45, 2.75) is 120 Å². The third kappa shape index (κ3) is 9.23. The van der Waals surface area contributed by atoms with Crippen LogP contribution in [-0.2, 0) is 29.1 Å². The standard InChI is InChI=1S/C38H49F3N6O9S/c1-6-22-15-21(2)9-7-8-10-24-18-37(24,33(50)46-57(52,53)27-13-14-27)45-31(48)29-17-26(55-34-42-19-23-11-12-25(54-5)16-28(23)43-34)20-47(29)32(49)30(22)44-35(51)56-36(3,4)38(39,40)41/h8,10-12,16,19,21-22,24,26-27,29-30H,6-7,9,13-15,17-18,20H2,1-5H3,(H,44,51)(H,45,48)(H,46,50)/b10-8-/t21-,22-,24-,26-,29+,30+,37-/m1/s1. The summed E-state index contributed by atoms with van der Waals surface area (Å²) in [5.74, 6) is -3.09. The van der Waals surface area contributed by atoms with Crippen LogP contribution in [0, 0.1) is 17.8 Å². The maximum Gasteiger partial charge on any atom is 0.427 e. The number of nitrogens with one attached hydrogen (secondary N) is 3. The van der Waals surface area contributed by atoms with E-state index >= 15 is 0 Å². The topological polar surface area (TPSA) is 195 Å². The molecule has 4 aliphatic rings. The molecule has 0 bridgehead atoms. The van der Waals surface area contributed by atoms with Crippen molar-refractivity contribution in [3.8, 4) is 11.8 Å². The lowest BCUT2D eigenvalue weighted by Crippen LogP contribution is -2.59. The monoisotopic (exact) mass is 822 g/mol. The number of alkyl halides is 3. The highest BCUT2D eigenvalue weighted by Gasteiger charge is 2.62. The molecule has 1 aromatic heterocycles. The molecule has 4 amide bonds. The van der Waals surface area contributed by atoms with Crippen molar-refractivity contribution in [3.05, 3.63) is 36.5 Å². The first-order chi connectivity index (χ1) is 26.8. The van der Waals surface area contributed by atoms with E-state index in [4.69, 9.17) is 14.2 Å². The van der Waals surface area contributed by atoms with Crippen molar-refractivity contribution in [1.82, 2.24) is 30.2 Å². The second-order valence-electron chi connectivity index (χ2n) is 16.0. The fourth-order valence-corrected chi connectivity index (χ4v) is 8.85. The van der Waals surface area contributed by atoms with Crippen LogP contribution in [0.2, 0.25) is 0 Å². The van der Waals surface area contributed by atoms with Gasteiger partial charge in [0.05, 0.1) is 24.4 Å². The molecule has 2 aliphatic heterocycles. The molecule has 15 nitrogen and oxygen atoms in total. The van der Waals surface area contributed by atoms with Gasteiger partial charge in [-0.1, -0.05) is 32.4 Å². The fourth-order valence-electron chi connectivity index (χ4n) is 7.48. The normalized spacial score (nSPS) is 29.2. The summed E-state index contributed by atoms with van der Waals surface area (Å²) >= 11 is 0. The van der Waals surface area contributed by atoms with Gasteiger partial charge in [0.1, 0.15) is 29.5 Å². The van der Waals surface area contributed by atoms with Crippen LogP contribution in [0.5, 0.6) is 11.8 Å². The van der Waals surface area contributed by atoms with E-state index in [2.05, 4.69) is 25.3 Å². The number of hydrogen-bond donors (Lipinski definition) is 3.